The Morgan fingerprint density at radius 2 is 1.24 bits per heavy atom. The van der Waals surface area contributed by atoms with Gasteiger partial charge in [0.1, 0.15) is 0 Å². The molecule has 0 fully saturated rings. The SMILES string of the molecule is [2H]c1c([2H])c([2H])c2c(ccc3cc(-c4nccc5c4ccc4c6ccccc6ccc54)[c-]cc32)c1[2H].[Ir].[c-]1ccccc1-c1ccccn1. The van der Waals surface area contributed by atoms with Crippen molar-refractivity contribution in [3.05, 3.63) is 170 Å². The van der Waals surface area contributed by atoms with Crippen LogP contribution < -0.4 is 0 Å². The maximum atomic E-state index is 8.45. The predicted molar refractivity (Wildman–Crippen MR) is 185 cm³/mol. The Hall–Kier alpha value is -5.21. The molecule has 0 aliphatic heterocycles. The van der Waals surface area contributed by atoms with Gasteiger partial charge in [-0.1, -0.05) is 108 Å². The van der Waals surface area contributed by atoms with Crippen molar-refractivity contribution in [1.82, 2.24) is 9.97 Å². The van der Waals surface area contributed by atoms with Crippen LogP contribution in [0.25, 0.3) is 76.4 Å². The van der Waals surface area contributed by atoms with E-state index in [9.17, 15) is 0 Å². The first-order valence-corrected chi connectivity index (χ1v) is 14.4. The van der Waals surface area contributed by atoms with Crippen LogP contribution in [0.3, 0.4) is 0 Å². The van der Waals surface area contributed by atoms with Crippen LogP contribution >= 0.6 is 0 Å². The molecule has 215 valence electrons. The maximum absolute atomic E-state index is 8.45. The van der Waals surface area contributed by atoms with Crippen molar-refractivity contribution in [1.29, 1.82) is 0 Å². The van der Waals surface area contributed by atoms with E-state index in [1.54, 1.807) is 12.3 Å². The van der Waals surface area contributed by atoms with Gasteiger partial charge in [0.2, 0.25) is 0 Å². The summed E-state index contributed by atoms with van der Waals surface area (Å²) >= 11 is 0. The molecule has 9 rings (SSSR count). The van der Waals surface area contributed by atoms with Crippen molar-refractivity contribution in [2.75, 3.05) is 0 Å². The second-order valence-corrected chi connectivity index (χ2v) is 10.5. The summed E-state index contributed by atoms with van der Waals surface area (Å²) in [5, 5.41) is 9.66. The summed E-state index contributed by atoms with van der Waals surface area (Å²) in [5.41, 5.74) is 3.68. The fourth-order valence-electron chi connectivity index (χ4n) is 5.87. The Morgan fingerprint density at radius 1 is 0.489 bits per heavy atom. The third kappa shape index (κ3) is 5.38. The molecule has 0 bridgehead atoms. The second kappa shape index (κ2) is 12.4. The molecule has 0 spiro atoms. The first-order valence-electron chi connectivity index (χ1n) is 16.4. The number of hydrogen-bond donors (Lipinski definition) is 0. The van der Waals surface area contributed by atoms with E-state index in [1.807, 2.05) is 66.9 Å². The van der Waals surface area contributed by atoms with Gasteiger partial charge in [-0.25, -0.2) is 0 Å². The monoisotopic (exact) mass is 755 g/mol. The van der Waals surface area contributed by atoms with E-state index in [2.05, 4.69) is 71.7 Å². The Bertz CT molecular complexity index is 2630. The largest absolute Gasteiger partial charge is 0.305 e. The molecule has 0 saturated heterocycles. The number of hydrogen-bond acceptors (Lipinski definition) is 2. The minimum absolute atomic E-state index is 0. The molecule has 0 unspecified atom stereocenters. The van der Waals surface area contributed by atoms with Crippen molar-refractivity contribution in [2.24, 2.45) is 0 Å². The molecule has 0 aliphatic rings. The molecule has 0 N–H and O–H groups in total. The zero-order chi connectivity index (χ0) is 32.8. The van der Waals surface area contributed by atoms with Crippen molar-refractivity contribution in [3.8, 4) is 22.5 Å². The normalized spacial score (nSPS) is 12.2. The first-order chi connectivity index (χ1) is 23.5. The van der Waals surface area contributed by atoms with Crippen LogP contribution in [0.4, 0.5) is 0 Å². The van der Waals surface area contributed by atoms with E-state index in [0.29, 0.717) is 10.8 Å². The molecule has 0 amide bonds. The molecule has 2 heterocycles. The van der Waals surface area contributed by atoms with E-state index in [1.165, 1.54) is 21.5 Å². The predicted octanol–water partition coefficient (Wildman–Crippen LogP) is 10.9. The minimum atomic E-state index is -0.223. The fraction of sp³-hybridized carbons (Fsp3) is 0. The summed E-state index contributed by atoms with van der Waals surface area (Å²) in [6.07, 6.45) is 3.62. The third-order valence-electron chi connectivity index (χ3n) is 7.97. The van der Waals surface area contributed by atoms with Gasteiger partial charge in [0.15, 0.2) is 0 Å². The molecular weight excluding hydrogens is 725 g/mol. The van der Waals surface area contributed by atoms with Crippen LogP contribution in [0.1, 0.15) is 5.48 Å². The molecule has 0 aliphatic carbocycles. The average molecular weight is 755 g/mol. The number of benzene rings is 7. The summed E-state index contributed by atoms with van der Waals surface area (Å²) < 4.78 is 32.8. The van der Waals surface area contributed by atoms with Crippen molar-refractivity contribution >= 4 is 53.9 Å². The number of pyridine rings is 2. The Labute approximate surface area is 281 Å². The van der Waals surface area contributed by atoms with Crippen molar-refractivity contribution in [3.63, 3.8) is 0 Å². The van der Waals surface area contributed by atoms with Gasteiger partial charge in [-0.3, -0.25) is 0 Å². The first kappa shape index (κ1) is 24.2. The van der Waals surface area contributed by atoms with Gasteiger partial charge >= 0.3 is 0 Å². The van der Waals surface area contributed by atoms with Gasteiger partial charge in [-0.2, -0.15) is 0 Å². The fourth-order valence-corrected chi connectivity index (χ4v) is 5.87. The number of rotatable bonds is 2. The number of nitrogens with zero attached hydrogens (tertiary/aromatic N) is 2. The minimum Gasteiger partial charge on any atom is -0.305 e. The zero-order valence-corrected chi connectivity index (χ0v) is 26.3. The Morgan fingerprint density at radius 3 is 2.13 bits per heavy atom. The second-order valence-electron chi connectivity index (χ2n) is 10.5. The summed E-state index contributed by atoms with van der Waals surface area (Å²) in [5.74, 6) is 0. The summed E-state index contributed by atoms with van der Waals surface area (Å²) in [6.45, 7) is 0. The Balaban J connectivity index is 0.000000246. The molecular formula is C42H26IrN2-2. The van der Waals surface area contributed by atoms with Crippen LogP contribution in [-0.4, -0.2) is 9.97 Å². The van der Waals surface area contributed by atoms with Crippen LogP contribution in [-0.2, 0) is 20.1 Å². The van der Waals surface area contributed by atoms with E-state index < -0.39 is 0 Å². The zero-order valence-electron chi connectivity index (χ0n) is 27.9. The van der Waals surface area contributed by atoms with Crippen LogP contribution in [0, 0.1) is 12.1 Å². The van der Waals surface area contributed by atoms with E-state index in [0.717, 1.165) is 44.1 Å². The van der Waals surface area contributed by atoms with E-state index in [-0.39, 0.29) is 44.3 Å². The standard InChI is InChI=1S/C31H18N.C11H8N.Ir/c1-3-7-24-20(5-1)9-10-22-19-23(12-13-26(22)24)31-30-16-15-27-25-8-4-2-6-21(25)11-14-28(27)29(30)17-18-32-31;1-2-6-10(7-3-1)11-8-4-5-9-12-11;/h1-11,13-19H;1-6,8-9H;/q2*-1;/i1D,3D,5D,7D;;. The van der Waals surface area contributed by atoms with Crippen molar-refractivity contribution in [2.45, 2.75) is 0 Å². The molecule has 1 radical (unpaired) electrons. The van der Waals surface area contributed by atoms with Gasteiger partial charge in [0.05, 0.1) is 5.48 Å². The topological polar surface area (TPSA) is 25.8 Å². The molecule has 2 aromatic heterocycles. The van der Waals surface area contributed by atoms with E-state index >= 15 is 0 Å². The third-order valence-corrected chi connectivity index (χ3v) is 7.97. The van der Waals surface area contributed by atoms with Crippen LogP contribution in [0.5, 0.6) is 0 Å². The Kier molecular flexibility index (Phi) is 6.66. The van der Waals surface area contributed by atoms with Gasteiger partial charge < -0.3 is 9.97 Å². The van der Waals surface area contributed by atoms with Gasteiger partial charge in [-0.15, -0.1) is 65.0 Å². The quantitative estimate of drug-likeness (QED) is 0.130. The average Bonchev–Trinajstić information content (AvgIpc) is 3.16. The summed E-state index contributed by atoms with van der Waals surface area (Å²) in [7, 11) is 0. The molecule has 3 heteroatoms. The van der Waals surface area contributed by atoms with E-state index in [4.69, 9.17) is 10.5 Å². The van der Waals surface area contributed by atoms with Gasteiger partial charge in [-0.05, 0) is 61.2 Å². The number of fused-ring (bicyclic) bond motifs is 8. The van der Waals surface area contributed by atoms with Crippen LogP contribution in [0.2, 0.25) is 0 Å². The molecule has 9 aromatic rings. The van der Waals surface area contributed by atoms with Crippen LogP contribution in [0.15, 0.2) is 158 Å². The summed E-state index contributed by atoms with van der Waals surface area (Å²) in [6, 6.07) is 46.3. The molecule has 0 atom stereocenters. The van der Waals surface area contributed by atoms with Gasteiger partial charge in [0.25, 0.3) is 0 Å². The molecule has 0 saturated carbocycles. The van der Waals surface area contributed by atoms with Crippen molar-refractivity contribution < 1.29 is 25.6 Å². The molecule has 45 heavy (non-hydrogen) atoms. The molecule has 2 nitrogen and oxygen atoms in total. The maximum Gasteiger partial charge on any atom is 0.0629 e. The number of aromatic nitrogens is 2. The molecule has 7 aromatic carbocycles. The van der Waals surface area contributed by atoms with Gasteiger partial charge in [0, 0.05) is 32.5 Å². The summed E-state index contributed by atoms with van der Waals surface area (Å²) in [4.78, 5) is 8.94. The smallest absolute Gasteiger partial charge is 0.0629 e.